The van der Waals surface area contributed by atoms with Crippen LogP contribution in [-0.2, 0) is 55.3 Å². The second-order valence-electron chi connectivity index (χ2n) is 15.2. The van der Waals surface area contributed by atoms with Crippen molar-refractivity contribution in [3.8, 4) is 34.5 Å². The van der Waals surface area contributed by atoms with E-state index in [4.69, 9.17) is 28.0 Å². The van der Waals surface area contributed by atoms with Gasteiger partial charge in [0.2, 0.25) is 0 Å². The lowest BCUT2D eigenvalue weighted by atomic mass is 10.1. The molecule has 65 heavy (non-hydrogen) atoms. The van der Waals surface area contributed by atoms with Gasteiger partial charge in [0, 0.05) is 49.7 Å². The molecule has 350 valence electrons. The number of esters is 1. The van der Waals surface area contributed by atoms with Crippen LogP contribution in [0.5, 0.6) is 34.5 Å². The molecule has 0 saturated heterocycles. The van der Waals surface area contributed by atoms with Crippen molar-refractivity contribution in [2.24, 2.45) is 0 Å². The summed E-state index contributed by atoms with van der Waals surface area (Å²) in [6.45, 7) is 9.28. The Morgan fingerprint density at radius 2 is 1.12 bits per heavy atom. The summed E-state index contributed by atoms with van der Waals surface area (Å²) >= 11 is 0. The van der Waals surface area contributed by atoms with Gasteiger partial charge in [-0.3, -0.25) is 19.3 Å². The molecular weight excluding hydrogens is 904 g/mol. The molecule has 0 aliphatic rings. The summed E-state index contributed by atoms with van der Waals surface area (Å²) in [5, 5.41) is 9.60. The molecule has 0 fully saturated rings. The van der Waals surface area contributed by atoms with Gasteiger partial charge in [0.15, 0.2) is 25.5 Å². The average Bonchev–Trinajstić information content (AvgIpc) is 3.20. The molecule has 0 aliphatic carbocycles. The van der Waals surface area contributed by atoms with Crippen molar-refractivity contribution in [1.82, 2.24) is 9.97 Å². The third-order valence-corrected chi connectivity index (χ3v) is 12.9. The second-order valence-corrected chi connectivity index (χ2v) is 21.1. The Hall–Kier alpha value is -5.69. The number of benzene rings is 4. The molecule has 20 heteroatoms. The van der Waals surface area contributed by atoms with Crippen LogP contribution in [0.4, 0.5) is 0 Å². The smallest absolute Gasteiger partial charge is 0.338 e. The van der Waals surface area contributed by atoms with E-state index in [1.54, 1.807) is 53.0 Å². The number of aromatic nitrogens is 2. The first-order chi connectivity index (χ1) is 30.4. The number of phenols is 1. The van der Waals surface area contributed by atoms with Gasteiger partial charge in [-0.1, -0.05) is 0 Å². The number of ketones is 1. The standard InChI is InChI=1S/C30H39N2O9PS.C15H14O6S/c1-20(2)40-42(34,41-21(3)4)19-25-17-31-24(16-32-25)14-30(33)23-12-27(38-22(5)18-37-6)15-28(13-23)39-26-8-10-29(11-9-26)43(7,35)36;1-20-15(17)10-7-11(16)9-13(8-10)21-12-3-5-14(6-4-12)22(2,18)19/h8-13,15-17,20-22H,14,18-19H2,1-7H3;3-9,16H,1-2H3/t22-;/m0./s1. The van der Waals surface area contributed by atoms with Gasteiger partial charge in [-0.2, -0.15) is 0 Å². The highest BCUT2D eigenvalue weighted by Gasteiger charge is 2.29. The first-order valence-electron chi connectivity index (χ1n) is 19.9. The number of carbonyl (C=O) groups is 2. The quantitative estimate of drug-likeness (QED) is 0.0438. The fourth-order valence-electron chi connectivity index (χ4n) is 5.78. The lowest BCUT2D eigenvalue weighted by Gasteiger charge is -2.22. The minimum absolute atomic E-state index is 0.0461. The number of nitrogens with zero attached hydrogens (tertiary/aromatic N) is 2. The molecule has 0 unspecified atom stereocenters. The number of aromatic hydroxyl groups is 1. The van der Waals surface area contributed by atoms with E-state index in [2.05, 4.69) is 14.7 Å². The van der Waals surface area contributed by atoms with Gasteiger partial charge in [0.25, 0.3) is 0 Å². The highest BCUT2D eigenvalue weighted by Crippen LogP contribution is 2.53. The van der Waals surface area contributed by atoms with Crippen LogP contribution in [-0.4, -0.2) is 95.3 Å². The Labute approximate surface area is 379 Å². The first-order valence-corrected chi connectivity index (χ1v) is 25.4. The summed E-state index contributed by atoms with van der Waals surface area (Å²) < 4.78 is 97.8. The van der Waals surface area contributed by atoms with Crippen molar-refractivity contribution in [3.05, 3.63) is 120 Å². The zero-order valence-electron chi connectivity index (χ0n) is 37.4. The number of carbonyl (C=O) groups excluding carboxylic acids is 2. The molecule has 0 bridgehead atoms. The summed E-state index contributed by atoms with van der Waals surface area (Å²) in [4.78, 5) is 33.8. The Kier molecular flexibility index (Phi) is 18.4. The van der Waals surface area contributed by atoms with E-state index in [-0.39, 0.29) is 63.5 Å². The first kappa shape index (κ1) is 51.9. The van der Waals surface area contributed by atoms with Gasteiger partial charge in [0.05, 0.1) is 65.2 Å². The maximum absolute atomic E-state index is 13.3. The average molecular weight is 957 g/mol. The van der Waals surface area contributed by atoms with E-state index in [0.717, 1.165) is 12.5 Å². The summed E-state index contributed by atoms with van der Waals surface area (Å²) in [6, 6.07) is 20.6. The summed E-state index contributed by atoms with van der Waals surface area (Å²) in [5.41, 5.74) is 1.29. The number of sulfone groups is 2. The lowest BCUT2D eigenvalue weighted by molar-refractivity contribution is 0.0599. The fraction of sp³-hybridized carbons (Fsp3) is 0.333. The van der Waals surface area contributed by atoms with Crippen molar-refractivity contribution in [2.45, 2.75) is 75.3 Å². The molecule has 4 aromatic carbocycles. The molecule has 0 aliphatic heterocycles. The molecule has 1 heterocycles. The van der Waals surface area contributed by atoms with Crippen LogP contribution in [0.25, 0.3) is 0 Å². The SMILES string of the molecule is COC(=O)c1cc(O)cc(Oc2ccc(S(C)(=O)=O)cc2)c1.COC[C@H](C)Oc1cc(Oc2ccc(S(C)(=O)=O)cc2)cc(C(=O)Cc2cnc(CP(=O)(OC(C)C)OC(C)C)cn2)c1. The number of Topliss-reactive ketones (excluding diaryl/α,β-unsaturated/α-hetero) is 1. The third kappa shape index (κ3) is 17.0. The van der Waals surface area contributed by atoms with Crippen LogP contribution in [0.15, 0.2) is 107 Å². The maximum Gasteiger partial charge on any atom is 0.338 e. The number of methoxy groups -OCH3 is 2. The molecule has 5 rings (SSSR count). The van der Waals surface area contributed by atoms with Gasteiger partial charge in [-0.05, 0) is 107 Å². The van der Waals surface area contributed by atoms with E-state index in [9.17, 15) is 36.1 Å². The van der Waals surface area contributed by atoms with Crippen molar-refractivity contribution in [1.29, 1.82) is 0 Å². The van der Waals surface area contributed by atoms with Crippen LogP contribution in [0.1, 0.15) is 66.7 Å². The number of hydrogen-bond acceptors (Lipinski definition) is 17. The predicted octanol–water partition coefficient (Wildman–Crippen LogP) is 8.43. The van der Waals surface area contributed by atoms with E-state index in [0.29, 0.717) is 46.6 Å². The Bertz CT molecular complexity index is 2660. The van der Waals surface area contributed by atoms with Gasteiger partial charge in [-0.15, -0.1) is 0 Å². The minimum atomic E-state index is -3.45. The highest BCUT2D eigenvalue weighted by molar-refractivity contribution is 7.91. The van der Waals surface area contributed by atoms with Crippen molar-refractivity contribution >= 4 is 39.0 Å². The maximum atomic E-state index is 13.3. The zero-order valence-corrected chi connectivity index (χ0v) is 39.9. The van der Waals surface area contributed by atoms with Crippen LogP contribution >= 0.6 is 7.60 Å². The van der Waals surface area contributed by atoms with Crippen molar-refractivity contribution < 1.29 is 68.8 Å². The van der Waals surface area contributed by atoms with Gasteiger partial charge < -0.3 is 37.8 Å². The van der Waals surface area contributed by atoms with Crippen LogP contribution in [0.2, 0.25) is 0 Å². The number of rotatable bonds is 20. The van der Waals surface area contributed by atoms with E-state index >= 15 is 0 Å². The molecule has 0 radical (unpaired) electrons. The lowest BCUT2D eigenvalue weighted by Crippen LogP contribution is -2.18. The van der Waals surface area contributed by atoms with Crippen LogP contribution in [0.3, 0.4) is 0 Å². The van der Waals surface area contributed by atoms with Gasteiger partial charge in [0.1, 0.15) is 40.6 Å². The second kappa shape index (κ2) is 23.0. The van der Waals surface area contributed by atoms with Crippen LogP contribution in [0, 0.1) is 0 Å². The number of hydrogen-bond donors (Lipinski definition) is 1. The van der Waals surface area contributed by atoms with E-state index in [1.807, 2.05) is 6.92 Å². The largest absolute Gasteiger partial charge is 0.508 e. The van der Waals surface area contributed by atoms with E-state index < -0.39 is 33.2 Å². The van der Waals surface area contributed by atoms with Crippen LogP contribution < -0.4 is 14.2 Å². The summed E-state index contributed by atoms with van der Waals surface area (Å²) in [7, 11) is -7.29. The number of phenolic OH excluding ortho intramolecular Hbond substituents is 1. The topological polar surface area (TPSA) is 230 Å². The Morgan fingerprint density at radius 3 is 1.58 bits per heavy atom. The van der Waals surface area contributed by atoms with Crippen molar-refractivity contribution in [3.63, 3.8) is 0 Å². The Morgan fingerprint density at radius 1 is 0.646 bits per heavy atom. The van der Waals surface area contributed by atoms with E-state index in [1.165, 1.54) is 86.2 Å². The molecule has 0 amide bonds. The Balaban J connectivity index is 0.000000351. The molecule has 0 spiro atoms. The summed E-state index contributed by atoms with van der Waals surface area (Å²) in [5.74, 6) is 0.687. The number of ether oxygens (including phenoxy) is 5. The monoisotopic (exact) mass is 956 g/mol. The predicted molar refractivity (Wildman–Crippen MR) is 241 cm³/mol. The minimum Gasteiger partial charge on any atom is -0.508 e. The molecule has 0 saturated carbocycles. The van der Waals surface area contributed by atoms with Gasteiger partial charge >= 0.3 is 13.6 Å². The molecule has 17 nitrogen and oxygen atoms in total. The summed E-state index contributed by atoms with van der Waals surface area (Å²) in [6.07, 6.45) is 4.16. The molecule has 1 atom stereocenters. The fourth-order valence-corrected chi connectivity index (χ4v) is 9.09. The zero-order chi connectivity index (χ0) is 48.1. The van der Waals surface area contributed by atoms with Gasteiger partial charge in [-0.25, -0.2) is 21.6 Å². The third-order valence-electron chi connectivity index (χ3n) is 8.43. The molecule has 5 aromatic rings. The molecule has 1 aromatic heterocycles. The highest BCUT2D eigenvalue weighted by atomic mass is 32.2. The molecular formula is C45H53N2O15PS2. The van der Waals surface area contributed by atoms with Crippen molar-refractivity contribution in [2.75, 3.05) is 33.3 Å². The normalized spacial score (nSPS) is 12.2. The molecule has 1 N–H and O–H groups in total.